The Balaban J connectivity index is 2.40. The fourth-order valence-electron chi connectivity index (χ4n) is 2.36. The van der Waals surface area contributed by atoms with E-state index in [4.69, 9.17) is 9.47 Å². The van der Waals surface area contributed by atoms with Gasteiger partial charge in [0.05, 0.1) is 5.56 Å². The Morgan fingerprint density at radius 2 is 1.79 bits per heavy atom. The molecule has 0 spiro atoms. The Hall–Kier alpha value is -2.88. The molecule has 2 rings (SSSR count). The van der Waals surface area contributed by atoms with E-state index in [9.17, 15) is 9.59 Å². The summed E-state index contributed by atoms with van der Waals surface area (Å²) in [5, 5.41) is 0. The van der Waals surface area contributed by atoms with Crippen LogP contribution in [0.25, 0.3) is 0 Å². The molecule has 0 radical (unpaired) electrons. The largest absolute Gasteiger partial charge is 0.488 e. The fraction of sp³-hybridized carbons (Fsp3) is 0.200. The topological polar surface area (TPSA) is 52.6 Å². The van der Waals surface area contributed by atoms with E-state index >= 15 is 0 Å². The van der Waals surface area contributed by atoms with Crippen LogP contribution in [0.3, 0.4) is 0 Å². The molecule has 0 amide bonds. The van der Waals surface area contributed by atoms with Gasteiger partial charge in [0.1, 0.15) is 18.1 Å². The standard InChI is InChI=1S/C20H20O4/c1-4-8-18-19(23-13-16-9-6-5-7-10-16)12-11-17(14(2)21)20(18)24-15(3)22/h4-7,9-12H,1,8,13H2,2-3H3. The van der Waals surface area contributed by atoms with Gasteiger partial charge in [0.25, 0.3) is 0 Å². The van der Waals surface area contributed by atoms with Crippen LogP contribution in [-0.4, -0.2) is 11.8 Å². The molecule has 2 aromatic rings. The maximum atomic E-state index is 11.8. The van der Waals surface area contributed by atoms with Crippen LogP contribution in [0.5, 0.6) is 11.5 Å². The van der Waals surface area contributed by atoms with E-state index in [1.54, 1.807) is 18.2 Å². The molecule has 0 N–H and O–H groups in total. The molecule has 0 aromatic heterocycles. The van der Waals surface area contributed by atoms with E-state index in [2.05, 4.69) is 6.58 Å². The van der Waals surface area contributed by atoms with Crippen LogP contribution in [0.15, 0.2) is 55.1 Å². The lowest BCUT2D eigenvalue weighted by molar-refractivity contribution is -0.131. The summed E-state index contributed by atoms with van der Waals surface area (Å²) in [6.45, 7) is 6.85. The molecule has 0 heterocycles. The van der Waals surface area contributed by atoms with Crippen molar-refractivity contribution in [2.24, 2.45) is 0 Å². The van der Waals surface area contributed by atoms with Gasteiger partial charge in [-0.2, -0.15) is 0 Å². The number of ether oxygens (including phenoxy) is 2. The zero-order valence-corrected chi connectivity index (χ0v) is 13.9. The van der Waals surface area contributed by atoms with Crippen LogP contribution in [-0.2, 0) is 17.8 Å². The van der Waals surface area contributed by atoms with Gasteiger partial charge < -0.3 is 9.47 Å². The summed E-state index contributed by atoms with van der Waals surface area (Å²) >= 11 is 0. The Morgan fingerprint density at radius 3 is 2.38 bits per heavy atom. The third-order valence-electron chi connectivity index (χ3n) is 3.43. The van der Waals surface area contributed by atoms with Crippen LogP contribution in [0.2, 0.25) is 0 Å². The molecule has 0 saturated heterocycles. The number of rotatable bonds is 7. The highest BCUT2D eigenvalue weighted by Crippen LogP contribution is 2.34. The van der Waals surface area contributed by atoms with Gasteiger partial charge in [-0.15, -0.1) is 6.58 Å². The Morgan fingerprint density at radius 1 is 1.08 bits per heavy atom. The average molecular weight is 324 g/mol. The summed E-state index contributed by atoms with van der Waals surface area (Å²) < 4.78 is 11.2. The molecule has 4 nitrogen and oxygen atoms in total. The number of allylic oxidation sites excluding steroid dienone is 1. The first-order valence-electron chi connectivity index (χ1n) is 7.65. The van der Waals surface area contributed by atoms with E-state index in [1.165, 1.54) is 13.8 Å². The number of ketones is 1. The molecule has 24 heavy (non-hydrogen) atoms. The Bertz CT molecular complexity index is 748. The third kappa shape index (κ3) is 4.32. The van der Waals surface area contributed by atoms with Crippen LogP contribution in [0.1, 0.15) is 35.3 Å². The molecule has 0 aliphatic heterocycles. The predicted molar refractivity (Wildman–Crippen MR) is 92.4 cm³/mol. The quantitative estimate of drug-likeness (QED) is 0.333. The van der Waals surface area contributed by atoms with Crippen molar-refractivity contribution < 1.29 is 19.1 Å². The summed E-state index contributed by atoms with van der Waals surface area (Å²) in [5.41, 5.74) is 2.02. The third-order valence-corrected chi connectivity index (χ3v) is 3.43. The summed E-state index contributed by atoms with van der Waals surface area (Å²) in [7, 11) is 0. The maximum absolute atomic E-state index is 11.8. The van der Waals surface area contributed by atoms with Gasteiger partial charge >= 0.3 is 5.97 Å². The van der Waals surface area contributed by atoms with E-state index < -0.39 is 5.97 Å². The lowest BCUT2D eigenvalue weighted by atomic mass is 10.0. The van der Waals surface area contributed by atoms with Crippen molar-refractivity contribution in [3.63, 3.8) is 0 Å². The molecule has 0 atom stereocenters. The number of hydrogen-bond acceptors (Lipinski definition) is 4. The summed E-state index contributed by atoms with van der Waals surface area (Å²) in [6, 6.07) is 13.1. The second-order valence-electron chi connectivity index (χ2n) is 5.34. The van der Waals surface area contributed by atoms with Crippen LogP contribution >= 0.6 is 0 Å². The van der Waals surface area contributed by atoms with Gasteiger partial charge in [-0.1, -0.05) is 36.4 Å². The molecule has 0 aliphatic carbocycles. The smallest absolute Gasteiger partial charge is 0.308 e. The number of hydrogen-bond donors (Lipinski definition) is 0. The molecule has 0 saturated carbocycles. The summed E-state index contributed by atoms with van der Waals surface area (Å²) in [5.74, 6) is 0.162. The van der Waals surface area contributed by atoms with Crippen molar-refractivity contribution in [3.8, 4) is 11.5 Å². The molecular formula is C20H20O4. The molecule has 4 heteroatoms. The average Bonchev–Trinajstić information content (AvgIpc) is 2.55. The van der Waals surface area contributed by atoms with Crippen molar-refractivity contribution in [2.45, 2.75) is 26.9 Å². The maximum Gasteiger partial charge on any atom is 0.308 e. The molecule has 124 valence electrons. The number of carbonyl (C=O) groups is 2. The highest BCUT2D eigenvalue weighted by atomic mass is 16.5. The highest BCUT2D eigenvalue weighted by Gasteiger charge is 2.19. The Labute approximate surface area is 141 Å². The van der Waals surface area contributed by atoms with Crippen LogP contribution in [0, 0.1) is 0 Å². The van der Waals surface area contributed by atoms with E-state index in [0.717, 1.165) is 5.56 Å². The lowest BCUT2D eigenvalue weighted by Gasteiger charge is -2.16. The van der Waals surface area contributed by atoms with Gasteiger partial charge in [0.2, 0.25) is 0 Å². The molecule has 0 unspecified atom stereocenters. The van der Waals surface area contributed by atoms with Gasteiger partial charge in [-0.25, -0.2) is 0 Å². The normalized spacial score (nSPS) is 10.1. The molecule has 0 bridgehead atoms. The van der Waals surface area contributed by atoms with Crippen molar-refractivity contribution >= 4 is 11.8 Å². The fourth-order valence-corrected chi connectivity index (χ4v) is 2.36. The zero-order chi connectivity index (χ0) is 17.5. The SMILES string of the molecule is C=CCc1c(OCc2ccccc2)ccc(C(C)=O)c1OC(C)=O. The number of carbonyl (C=O) groups excluding carboxylic acids is 2. The van der Waals surface area contributed by atoms with Crippen LogP contribution < -0.4 is 9.47 Å². The Kier molecular flexibility index (Phi) is 5.90. The molecular weight excluding hydrogens is 304 g/mol. The first kappa shape index (κ1) is 17.5. The number of benzene rings is 2. The lowest BCUT2D eigenvalue weighted by Crippen LogP contribution is -2.10. The van der Waals surface area contributed by atoms with Gasteiger partial charge in [-0.3, -0.25) is 9.59 Å². The molecule has 0 aliphatic rings. The first-order chi connectivity index (χ1) is 11.5. The number of esters is 1. The summed E-state index contributed by atoms with van der Waals surface area (Å²) in [6.07, 6.45) is 2.11. The zero-order valence-electron chi connectivity index (χ0n) is 13.9. The molecule has 2 aromatic carbocycles. The summed E-state index contributed by atoms with van der Waals surface area (Å²) in [4.78, 5) is 23.3. The van der Waals surface area contributed by atoms with Crippen molar-refractivity contribution in [3.05, 3.63) is 71.8 Å². The van der Waals surface area contributed by atoms with E-state index in [1.807, 2.05) is 30.3 Å². The van der Waals surface area contributed by atoms with Crippen LogP contribution in [0.4, 0.5) is 0 Å². The van der Waals surface area contributed by atoms with Gasteiger partial charge in [-0.05, 0) is 31.0 Å². The van der Waals surface area contributed by atoms with Gasteiger partial charge in [0.15, 0.2) is 5.78 Å². The minimum Gasteiger partial charge on any atom is -0.488 e. The van der Waals surface area contributed by atoms with Crippen molar-refractivity contribution in [1.29, 1.82) is 0 Å². The first-order valence-corrected chi connectivity index (χ1v) is 7.65. The number of Topliss-reactive ketones (excluding diaryl/α,β-unsaturated/α-hetero) is 1. The van der Waals surface area contributed by atoms with Crippen molar-refractivity contribution in [2.75, 3.05) is 0 Å². The second-order valence-corrected chi connectivity index (χ2v) is 5.34. The van der Waals surface area contributed by atoms with Crippen molar-refractivity contribution in [1.82, 2.24) is 0 Å². The van der Waals surface area contributed by atoms with E-state index in [0.29, 0.717) is 29.9 Å². The minimum absolute atomic E-state index is 0.175. The highest BCUT2D eigenvalue weighted by molar-refractivity contribution is 5.98. The van der Waals surface area contributed by atoms with Gasteiger partial charge in [0, 0.05) is 12.5 Å². The second kappa shape index (κ2) is 8.11. The monoisotopic (exact) mass is 324 g/mol. The molecule has 0 fully saturated rings. The minimum atomic E-state index is -0.483. The predicted octanol–water partition coefficient (Wildman–Crippen LogP) is 4.12. The van der Waals surface area contributed by atoms with E-state index in [-0.39, 0.29) is 11.5 Å².